The Morgan fingerprint density at radius 3 is 3.14 bits per heavy atom. The van der Waals surface area contributed by atoms with Crippen LogP contribution in [0.3, 0.4) is 0 Å². The Hall–Kier alpha value is -0.870. The van der Waals surface area contributed by atoms with Crippen molar-refractivity contribution < 1.29 is 0 Å². The molecule has 1 aliphatic heterocycles. The summed E-state index contributed by atoms with van der Waals surface area (Å²) in [4.78, 5) is 8.32. The van der Waals surface area contributed by atoms with Gasteiger partial charge in [0, 0.05) is 24.3 Å². The fourth-order valence-corrected chi connectivity index (χ4v) is 1.58. The summed E-state index contributed by atoms with van der Waals surface area (Å²) in [5.74, 6) is 0.620. The topological polar surface area (TPSA) is 49.8 Å². The molecule has 14 heavy (non-hydrogen) atoms. The lowest BCUT2D eigenvalue weighted by Gasteiger charge is -2.11. The van der Waals surface area contributed by atoms with Crippen molar-refractivity contribution in [3.8, 4) is 0 Å². The van der Waals surface area contributed by atoms with Crippen molar-refractivity contribution >= 4 is 17.5 Å². The summed E-state index contributed by atoms with van der Waals surface area (Å²) < 4.78 is 0. The number of hydrogen-bond acceptors (Lipinski definition) is 4. The Morgan fingerprint density at radius 1 is 1.64 bits per heavy atom. The van der Waals surface area contributed by atoms with Gasteiger partial charge in [0.2, 0.25) is 5.95 Å². The maximum absolute atomic E-state index is 5.89. The van der Waals surface area contributed by atoms with Crippen LogP contribution >= 0.6 is 11.6 Å². The number of hydrogen-bond donors (Lipinski definition) is 2. The molecule has 1 atom stereocenters. The van der Waals surface area contributed by atoms with Gasteiger partial charge in [0.05, 0.1) is 0 Å². The minimum absolute atomic E-state index is 0.425. The minimum Gasteiger partial charge on any atom is -0.350 e. The van der Waals surface area contributed by atoms with E-state index >= 15 is 0 Å². The molecule has 1 fully saturated rings. The molecule has 1 aliphatic rings. The van der Waals surface area contributed by atoms with E-state index < -0.39 is 0 Å². The molecule has 1 saturated heterocycles. The molecule has 0 aromatic carbocycles. The Morgan fingerprint density at radius 2 is 2.50 bits per heavy atom. The summed E-state index contributed by atoms with van der Waals surface area (Å²) in [6, 6.07) is 0.425. The molecule has 0 aliphatic carbocycles. The SMILES string of the molecule is Cc1cnc(N[C@H]2CCNC2)nc1Cl. The fourth-order valence-electron chi connectivity index (χ4n) is 1.45. The van der Waals surface area contributed by atoms with Gasteiger partial charge in [-0.3, -0.25) is 0 Å². The van der Waals surface area contributed by atoms with Crippen LogP contribution in [-0.4, -0.2) is 29.1 Å². The summed E-state index contributed by atoms with van der Waals surface area (Å²) in [5.41, 5.74) is 0.904. The highest BCUT2D eigenvalue weighted by molar-refractivity contribution is 6.30. The van der Waals surface area contributed by atoms with E-state index in [9.17, 15) is 0 Å². The number of anilines is 1. The van der Waals surface area contributed by atoms with Crippen molar-refractivity contribution in [1.82, 2.24) is 15.3 Å². The normalized spacial score (nSPS) is 21.1. The average molecular weight is 213 g/mol. The van der Waals surface area contributed by atoms with Gasteiger partial charge in [-0.1, -0.05) is 11.6 Å². The Bertz CT molecular complexity index is 323. The summed E-state index contributed by atoms with van der Waals surface area (Å²) >= 11 is 5.89. The number of rotatable bonds is 2. The molecule has 0 amide bonds. The molecule has 2 rings (SSSR count). The highest BCUT2D eigenvalue weighted by Crippen LogP contribution is 2.13. The van der Waals surface area contributed by atoms with E-state index in [1.165, 1.54) is 0 Å². The lowest BCUT2D eigenvalue weighted by molar-refractivity contribution is 0.780. The number of aryl methyl sites for hydroxylation is 1. The third-order valence-electron chi connectivity index (χ3n) is 2.30. The first-order chi connectivity index (χ1) is 6.75. The smallest absolute Gasteiger partial charge is 0.224 e. The molecule has 1 aromatic heterocycles. The minimum atomic E-state index is 0.425. The van der Waals surface area contributed by atoms with Crippen LogP contribution in [0.1, 0.15) is 12.0 Å². The molecule has 0 saturated carbocycles. The predicted octanol–water partition coefficient (Wildman–Crippen LogP) is 1.21. The number of nitrogens with zero attached hydrogens (tertiary/aromatic N) is 2. The summed E-state index contributed by atoms with van der Waals surface area (Å²) in [6.45, 7) is 3.91. The molecular formula is C9H13ClN4. The second-order valence-corrected chi connectivity index (χ2v) is 3.86. The maximum Gasteiger partial charge on any atom is 0.224 e. The van der Waals surface area contributed by atoms with Crippen molar-refractivity contribution in [3.63, 3.8) is 0 Å². The van der Waals surface area contributed by atoms with Gasteiger partial charge in [0.1, 0.15) is 5.15 Å². The van der Waals surface area contributed by atoms with Crippen molar-refractivity contribution in [2.24, 2.45) is 0 Å². The van der Waals surface area contributed by atoms with Crippen molar-refractivity contribution in [1.29, 1.82) is 0 Å². The quantitative estimate of drug-likeness (QED) is 0.724. The molecular weight excluding hydrogens is 200 g/mol. The first kappa shape index (κ1) is 9.68. The van der Waals surface area contributed by atoms with Gasteiger partial charge < -0.3 is 10.6 Å². The second-order valence-electron chi connectivity index (χ2n) is 3.50. The Kier molecular flexibility index (Phi) is 2.84. The lowest BCUT2D eigenvalue weighted by Crippen LogP contribution is -2.23. The van der Waals surface area contributed by atoms with Gasteiger partial charge >= 0.3 is 0 Å². The third kappa shape index (κ3) is 2.13. The van der Waals surface area contributed by atoms with E-state index in [1.54, 1.807) is 6.20 Å². The van der Waals surface area contributed by atoms with E-state index in [0.717, 1.165) is 25.1 Å². The zero-order valence-corrected chi connectivity index (χ0v) is 8.80. The van der Waals surface area contributed by atoms with Crippen molar-refractivity contribution in [2.75, 3.05) is 18.4 Å². The summed E-state index contributed by atoms with van der Waals surface area (Å²) in [6.07, 6.45) is 2.84. The van der Waals surface area contributed by atoms with Crippen molar-refractivity contribution in [3.05, 3.63) is 16.9 Å². The van der Waals surface area contributed by atoms with E-state index in [1.807, 2.05) is 6.92 Å². The molecule has 1 aromatic rings. The fraction of sp³-hybridized carbons (Fsp3) is 0.556. The number of aromatic nitrogens is 2. The molecule has 5 heteroatoms. The van der Waals surface area contributed by atoms with E-state index in [0.29, 0.717) is 17.1 Å². The molecule has 0 unspecified atom stereocenters. The van der Waals surface area contributed by atoms with Gasteiger partial charge in [-0.25, -0.2) is 9.97 Å². The van der Waals surface area contributed by atoms with Crippen LogP contribution < -0.4 is 10.6 Å². The molecule has 0 bridgehead atoms. The number of nitrogens with one attached hydrogen (secondary N) is 2. The Balaban J connectivity index is 2.05. The van der Waals surface area contributed by atoms with E-state index in [2.05, 4.69) is 20.6 Å². The summed E-state index contributed by atoms with van der Waals surface area (Å²) in [7, 11) is 0. The molecule has 4 nitrogen and oxygen atoms in total. The van der Waals surface area contributed by atoms with E-state index in [-0.39, 0.29) is 0 Å². The zero-order chi connectivity index (χ0) is 9.97. The molecule has 0 radical (unpaired) electrons. The molecule has 0 spiro atoms. The highest BCUT2D eigenvalue weighted by atomic mass is 35.5. The first-order valence-corrected chi connectivity index (χ1v) is 5.10. The van der Waals surface area contributed by atoms with E-state index in [4.69, 9.17) is 11.6 Å². The average Bonchev–Trinajstić information content (AvgIpc) is 2.64. The summed E-state index contributed by atoms with van der Waals surface area (Å²) in [5, 5.41) is 7.03. The third-order valence-corrected chi connectivity index (χ3v) is 2.69. The predicted molar refractivity (Wildman–Crippen MR) is 56.7 cm³/mol. The van der Waals surface area contributed by atoms with Crippen LogP contribution in [0.5, 0.6) is 0 Å². The number of halogens is 1. The van der Waals surface area contributed by atoms with Crippen LogP contribution in [0.2, 0.25) is 5.15 Å². The standard InChI is InChI=1S/C9H13ClN4/c1-6-4-12-9(14-8(6)10)13-7-2-3-11-5-7/h4,7,11H,2-3,5H2,1H3,(H,12,13,14)/t7-/m0/s1. The maximum atomic E-state index is 5.89. The lowest BCUT2D eigenvalue weighted by atomic mass is 10.3. The van der Waals surface area contributed by atoms with Crippen LogP contribution in [0, 0.1) is 6.92 Å². The molecule has 76 valence electrons. The van der Waals surface area contributed by atoms with Gasteiger partial charge in [-0.15, -0.1) is 0 Å². The first-order valence-electron chi connectivity index (χ1n) is 4.72. The van der Waals surface area contributed by atoms with Crippen LogP contribution in [0.25, 0.3) is 0 Å². The van der Waals surface area contributed by atoms with Gasteiger partial charge in [-0.05, 0) is 19.9 Å². The molecule has 2 heterocycles. The van der Waals surface area contributed by atoms with Gasteiger partial charge in [0.25, 0.3) is 0 Å². The monoisotopic (exact) mass is 212 g/mol. The van der Waals surface area contributed by atoms with Gasteiger partial charge in [-0.2, -0.15) is 0 Å². The molecule has 2 N–H and O–H groups in total. The highest BCUT2D eigenvalue weighted by Gasteiger charge is 2.15. The second kappa shape index (κ2) is 4.11. The Labute approximate surface area is 88.1 Å². The van der Waals surface area contributed by atoms with Crippen LogP contribution in [-0.2, 0) is 0 Å². The van der Waals surface area contributed by atoms with Crippen LogP contribution in [0.4, 0.5) is 5.95 Å². The van der Waals surface area contributed by atoms with Crippen LogP contribution in [0.15, 0.2) is 6.20 Å². The van der Waals surface area contributed by atoms with Crippen molar-refractivity contribution in [2.45, 2.75) is 19.4 Å². The zero-order valence-electron chi connectivity index (χ0n) is 8.05. The largest absolute Gasteiger partial charge is 0.350 e. The van der Waals surface area contributed by atoms with Gasteiger partial charge in [0.15, 0.2) is 0 Å².